The Hall–Kier alpha value is -3.33. The van der Waals surface area contributed by atoms with E-state index in [1.807, 2.05) is 6.92 Å². The molecule has 0 unspecified atom stereocenters. The Labute approximate surface area is 199 Å². The first-order chi connectivity index (χ1) is 16.3. The van der Waals surface area contributed by atoms with Crippen molar-refractivity contribution in [2.45, 2.75) is 26.2 Å². The minimum atomic E-state index is -0.978. The van der Waals surface area contributed by atoms with Crippen LogP contribution in [0.5, 0.6) is 11.5 Å². The number of carbonyl (C=O) groups excluding carboxylic acids is 3. The Morgan fingerprint density at radius 2 is 1.82 bits per heavy atom. The number of ether oxygens (including phenoxy) is 5. The lowest BCUT2D eigenvalue weighted by atomic mass is 9.69. The van der Waals surface area contributed by atoms with Gasteiger partial charge in [-0.15, -0.1) is 0 Å². The molecule has 1 aliphatic heterocycles. The molecule has 3 atom stereocenters. The van der Waals surface area contributed by atoms with Crippen molar-refractivity contribution in [1.82, 2.24) is 5.32 Å². The topological polar surface area (TPSA) is 109 Å². The summed E-state index contributed by atoms with van der Waals surface area (Å²) in [6, 6.07) is 5.18. The molecule has 1 aliphatic carbocycles. The molecule has 1 aromatic carbocycles. The number of Topliss-reactive ketones (excluding diaryl/α,β-unsaturated/α-hetero) is 1. The van der Waals surface area contributed by atoms with Gasteiger partial charge in [-0.2, -0.15) is 0 Å². The first-order valence-electron chi connectivity index (χ1n) is 11.0. The predicted molar refractivity (Wildman–Crippen MR) is 122 cm³/mol. The molecule has 0 fully saturated rings. The number of esters is 2. The van der Waals surface area contributed by atoms with Crippen LogP contribution in [0.2, 0.25) is 0 Å². The largest absolute Gasteiger partial charge is 0.497 e. The number of methoxy groups -OCH3 is 4. The van der Waals surface area contributed by atoms with Crippen molar-refractivity contribution in [1.29, 1.82) is 0 Å². The van der Waals surface area contributed by atoms with Gasteiger partial charge in [0.1, 0.15) is 24.0 Å². The summed E-state index contributed by atoms with van der Waals surface area (Å²) in [5.74, 6) is -2.67. The lowest BCUT2D eigenvalue weighted by Crippen LogP contribution is -2.43. The monoisotopic (exact) mass is 473 g/mol. The smallest absolute Gasteiger partial charge is 0.336 e. The van der Waals surface area contributed by atoms with Crippen molar-refractivity contribution in [3.8, 4) is 11.5 Å². The summed E-state index contributed by atoms with van der Waals surface area (Å²) in [4.78, 5) is 39.6. The molecular formula is C25H31NO8. The van der Waals surface area contributed by atoms with Crippen molar-refractivity contribution in [3.05, 3.63) is 46.3 Å². The summed E-state index contributed by atoms with van der Waals surface area (Å²) in [5, 5.41) is 3.23. The van der Waals surface area contributed by atoms with E-state index in [0.29, 0.717) is 40.5 Å². The van der Waals surface area contributed by atoms with Gasteiger partial charge in [-0.3, -0.25) is 9.59 Å². The summed E-state index contributed by atoms with van der Waals surface area (Å²) >= 11 is 0. The molecule has 34 heavy (non-hydrogen) atoms. The van der Waals surface area contributed by atoms with E-state index in [-0.39, 0.29) is 24.7 Å². The third-order valence-electron chi connectivity index (χ3n) is 6.23. The van der Waals surface area contributed by atoms with Gasteiger partial charge in [0.2, 0.25) is 0 Å². The predicted octanol–water partition coefficient (Wildman–Crippen LogP) is 2.51. The summed E-state index contributed by atoms with van der Waals surface area (Å²) in [7, 11) is 5.81. The van der Waals surface area contributed by atoms with Gasteiger partial charge >= 0.3 is 11.9 Å². The number of nitrogens with one attached hydrogen (secondary N) is 1. The SMILES string of the molecule is COCCOC(=O)C1=C(C)NC2=C(C(=O)[C@@H](C(=O)OC)[C@@H](C)C2)[C@@H]1c1cc(OC)ccc1OC. The molecule has 0 bridgehead atoms. The average Bonchev–Trinajstić information content (AvgIpc) is 2.82. The molecule has 3 rings (SSSR count). The lowest BCUT2D eigenvalue weighted by Gasteiger charge is -2.38. The molecule has 0 aromatic heterocycles. The molecule has 0 spiro atoms. The third-order valence-corrected chi connectivity index (χ3v) is 6.23. The first kappa shape index (κ1) is 25.3. The fourth-order valence-corrected chi connectivity index (χ4v) is 4.62. The minimum absolute atomic E-state index is 0.0513. The van der Waals surface area contributed by atoms with Crippen LogP contribution in [0.4, 0.5) is 0 Å². The van der Waals surface area contributed by atoms with Crippen LogP contribution < -0.4 is 14.8 Å². The molecule has 1 heterocycles. The fraction of sp³-hybridized carbons (Fsp3) is 0.480. The summed E-state index contributed by atoms with van der Waals surface area (Å²) in [6.45, 7) is 3.88. The van der Waals surface area contributed by atoms with E-state index in [1.54, 1.807) is 25.1 Å². The van der Waals surface area contributed by atoms with Crippen LogP contribution in [0.3, 0.4) is 0 Å². The third kappa shape index (κ3) is 4.65. The van der Waals surface area contributed by atoms with Crippen LogP contribution in [0.1, 0.15) is 31.7 Å². The van der Waals surface area contributed by atoms with E-state index in [2.05, 4.69) is 5.32 Å². The minimum Gasteiger partial charge on any atom is -0.497 e. The molecule has 0 amide bonds. The van der Waals surface area contributed by atoms with Crippen molar-refractivity contribution in [3.63, 3.8) is 0 Å². The van der Waals surface area contributed by atoms with Crippen molar-refractivity contribution in [2.24, 2.45) is 11.8 Å². The summed E-state index contributed by atoms with van der Waals surface area (Å²) in [5.41, 5.74) is 2.36. The number of dihydropyridines is 1. The fourth-order valence-electron chi connectivity index (χ4n) is 4.62. The molecule has 1 N–H and O–H groups in total. The van der Waals surface area contributed by atoms with Gasteiger partial charge in [-0.1, -0.05) is 6.92 Å². The van der Waals surface area contributed by atoms with E-state index in [1.165, 1.54) is 28.4 Å². The van der Waals surface area contributed by atoms with Crippen LogP contribution in [0.25, 0.3) is 0 Å². The first-order valence-corrected chi connectivity index (χ1v) is 11.0. The normalized spacial score (nSPS) is 22.1. The van der Waals surface area contributed by atoms with E-state index in [4.69, 9.17) is 23.7 Å². The van der Waals surface area contributed by atoms with Crippen molar-refractivity contribution in [2.75, 3.05) is 41.7 Å². The number of carbonyl (C=O) groups is 3. The van der Waals surface area contributed by atoms with E-state index in [9.17, 15) is 14.4 Å². The lowest BCUT2D eigenvalue weighted by molar-refractivity contribution is -0.151. The van der Waals surface area contributed by atoms with E-state index < -0.39 is 29.6 Å². The highest BCUT2D eigenvalue weighted by atomic mass is 16.6. The Balaban J connectivity index is 2.22. The zero-order valence-corrected chi connectivity index (χ0v) is 20.4. The maximum atomic E-state index is 13.8. The molecule has 0 radical (unpaired) electrons. The zero-order valence-electron chi connectivity index (χ0n) is 20.4. The van der Waals surface area contributed by atoms with Gasteiger partial charge in [-0.25, -0.2) is 4.79 Å². The van der Waals surface area contributed by atoms with Crippen LogP contribution in [-0.2, 0) is 28.6 Å². The second-order valence-corrected chi connectivity index (χ2v) is 8.27. The Morgan fingerprint density at radius 1 is 1.09 bits per heavy atom. The molecule has 184 valence electrons. The average molecular weight is 474 g/mol. The maximum absolute atomic E-state index is 13.8. The molecule has 2 aliphatic rings. The number of ketones is 1. The molecule has 0 saturated carbocycles. The molecule has 0 saturated heterocycles. The second-order valence-electron chi connectivity index (χ2n) is 8.27. The number of hydrogen-bond donors (Lipinski definition) is 1. The van der Waals surface area contributed by atoms with Crippen LogP contribution in [-0.4, -0.2) is 59.4 Å². The molecular weight excluding hydrogens is 442 g/mol. The summed E-state index contributed by atoms with van der Waals surface area (Å²) < 4.78 is 26.4. The molecule has 9 heteroatoms. The number of benzene rings is 1. The van der Waals surface area contributed by atoms with Crippen LogP contribution >= 0.6 is 0 Å². The Bertz CT molecular complexity index is 1040. The van der Waals surface area contributed by atoms with Gasteiger partial charge in [0.25, 0.3) is 0 Å². The highest BCUT2D eigenvalue weighted by molar-refractivity contribution is 6.12. The van der Waals surface area contributed by atoms with Crippen LogP contribution in [0, 0.1) is 11.8 Å². The van der Waals surface area contributed by atoms with Gasteiger partial charge < -0.3 is 29.0 Å². The quantitative estimate of drug-likeness (QED) is 0.346. The van der Waals surface area contributed by atoms with Crippen LogP contribution in [0.15, 0.2) is 40.7 Å². The summed E-state index contributed by atoms with van der Waals surface area (Å²) in [6.07, 6.45) is 0.437. The molecule has 9 nitrogen and oxygen atoms in total. The van der Waals surface area contributed by atoms with Gasteiger partial charge in [-0.05, 0) is 37.5 Å². The van der Waals surface area contributed by atoms with E-state index in [0.717, 1.165) is 0 Å². The van der Waals surface area contributed by atoms with E-state index >= 15 is 0 Å². The zero-order chi connectivity index (χ0) is 25.0. The molecule has 1 aromatic rings. The highest BCUT2D eigenvalue weighted by Crippen LogP contribution is 2.48. The van der Waals surface area contributed by atoms with Gasteiger partial charge in [0.15, 0.2) is 5.78 Å². The number of rotatable bonds is 8. The second kappa shape index (κ2) is 10.7. The Morgan fingerprint density at radius 3 is 2.44 bits per heavy atom. The standard InChI is InChI=1S/C25H31NO8/c1-13-11-17-22(23(27)19(13)24(28)33-6)21(16-12-15(31-4)7-8-18(16)32-5)20(14(2)26-17)25(29)34-10-9-30-3/h7-8,12-13,19,21,26H,9-11H2,1-6H3/t13-,19-,21+/m0/s1. The van der Waals surface area contributed by atoms with Crippen molar-refractivity contribution < 1.29 is 38.1 Å². The maximum Gasteiger partial charge on any atom is 0.336 e. The van der Waals surface area contributed by atoms with Gasteiger partial charge in [0, 0.05) is 29.6 Å². The number of allylic oxidation sites excluding steroid dienone is 3. The van der Waals surface area contributed by atoms with Gasteiger partial charge in [0.05, 0.1) is 39.4 Å². The number of hydrogen-bond acceptors (Lipinski definition) is 9. The Kier molecular flexibility index (Phi) is 7.98. The van der Waals surface area contributed by atoms with Crippen molar-refractivity contribution >= 4 is 17.7 Å². The highest BCUT2D eigenvalue weighted by Gasteiger charge is 2.48.